The molecule has 0 aromatic heterocycles. The molecular weight excluding hydrogens is 260 g/mol. The summed E-state index contributed by atoms with van der Waals surface area (Å²) in [5, 5.41) is 22.1. The van der Waals surface area contributed by atoms with Gasteiger partial charge in [0.05, 0.1) is 4.92 Å². The first kappa shape index (κ1) is 14.4. The number of carbonyl (C=O) groups is 1. The summed E-state index contributed by atoms with van der Waals surface area (Å²) in [5.41, 5.74) is -0.114. The Labute approximate surface area is 109 Å². The first-order chi connectivity index (χ1) is 8.54. The Morgan fingerprint density at radius 1 is 1.44 bits per heavy atom. The normalized spacial score (nSPS) is 10.1. The summed E-state index contributed by atoms with van der Waals surface area (Å²) in [6.45, 7) is 0.0222. The minimum Gasteiger partial charge on any atom is -0.396 e. The fraction of sp³-hybridized carbons (Fsp3) is 0.364. The van der Waals surface area contributed by atoms with Crippen molar-refractivity contribution in [1.82, 2.24) is 0 Å². The van der Waals surface area contributed by atoms with Gasteiger partial charge >= 0.3 is 0 Å². The molecule has 0 aliphatic carbocycles. The maximum Gasteiger partial charge on any atom is 0.294 e. The number of carbonyl (C=O) groups excluding carboxylic acids is 1. The molecule has 0 saturated carbocycles. The Hall–Kier alpha value is -1.66. The number of hydrogen-bond acceptors (Lipinski definition) is 4. The van der Waals surface area contributed by atoms with Crippen LogP contribution in [0.2, 0.25) is 5.02 Å². The van der Waals surface area contributed by atoms with Gasteiger partial charge in [-0.15, -0.1) is 0 Å². The third-order valence-electron chi connectivity index (χ3n) is 2.24. The van der Waals surface area contributed by atoms with Crippen LogP contribution in [-0.2, 0) is 4.79 Å². The number of unbranched alkanes of at least 4 members (excludes halogenated alkanes) is 1. The summed E-state index contributed by atoms with van der Waals surface area (Å²) in [6, 6.07) is 4.05. The highest BCUT2D eigenvalue weighted by atomic mass is 35.5. The predicted molar refractivity (Wildman–Crippen MR) is 67.7 cm³/mol. The van der Waals surface area contributed by atoms with E-state index >= 15 is 0 Å². The molecule has 98 valence electrons. The van der Waals surface area contributed by atoms with Crippen LogP contribution in [0.5, 0.6) is 0 Å². The molecule has 0 radical (unpaired) electrons. The quantitative estimate of drug-likeness (QED) is 0.472. The number of anilines is 1. The highest BCUT2D eigenvalue weighted by Crippen LogP contribution is 2.27. The van der Waals surface area contributed by atoms with E-state index in [1.54, 1.807) is 0 Å². The molecule has 1 amide bonds. The molecule has 6 nitrogen and oxygen atoms in total. The van der Waals surface area contributed by atoms with Crippen LogP contribution in [-0.4, -0.2) is 22.5 Å². The van der Waals surface area contributed by atoms with Gasteiger partial charge in [0, 0.05) is 24.1 Å². The van der Waals surface area contributed by atoms with Gasteiger partial charge in [-0.2, -0.15) is 0 Å². The Morgan fingerprint density at radius 3 is 2.78 bits per heavy atom. The van der Waals surface area contributed by atoms with E-state index in [0.717, 1.165) is 0 Å². The number of nitro benzene ring substituents is 1. The van der Waals surface area contributed by atoms with E-state index in [1.165, 1.54) is 18.2 Å². The lowest BCUT2D eigenvalue weighted by Gasteiger charge is -2.05. The first-order valence-corrected chi connectivity index (χ1v) is 5.77. The van der Waals surface area contributed by atoms with Crippen molar-refractivity contribution in [3.05, 3.63) is 33.3 Å². The summed E-state index contributed by atoms with van der Waals surface area (Å²) in [7, 11) is 0. The maximum absolute atomic E-state index is 11.5. The summed E-state index contributed by atoms with van der Waals surface area (Å²) in [5.74, 6) is -0.325. The van der Waals surface area contributed by atoms with Gasteiger partial charge in [0.25, 0.3) is 5.69 Å². The lowest BCUT2D eigenvalue weighted by atomic mass is 10.2. The molecule has 0 heterocycles. The van der Waals surface area contributed by atoms with Gasteiger partial charge in [-0.05, 0) is 25.0 Å². The number of hydrogen-bond donors (Lipinski definition) is 2. The maximum atomic E-state index is 11.5. The van der Waals surface area contributed by atoms with Gasteiger partial charge in [-0.1, -0.05) is 11.6 Å². The van der Waals surface area contributed by atoms with Crippen LogP contribution in [0.1, 0.15) is 19.3 Å². The number of nitrogens with one attached hydrogen (secondary N) is 1. The SMILES string of the molecule is O=C(CCCCO)Nc1ccc(Cl)cc1[N+](=O)[O-]. The number of amides is 1. The molecule has 1 rings (SSSR count). The largest absolute Gasteiger partial charge is 0.396 e. The van der Waals surface area contributed by atoms with E-state index in [0.29, 0.717) is 12.8 Å². The Morgan fingerprint density at radius 2 is 2.17 bits per heavy atom. The molecule has 0 bridgehead atoms. The molecule has 0 spiro atoms. The summed E-state index contributed by atoms with van der Waals surface area (Å²) >= 11 is 5.65. The van der Waals surface area contributed by atoms with Crippen LogP contribution in [0.4, 0.5) is 11.4 Å². The summed E-state index contributed by atoms with van der Waals surface area (Å²) in [4.78, 5) is 21.7. The van der Waals surface area contributed by atoms with Crippen LogP contribution >= 0.6 is 11.6 Å². The number of nitrogens with zero attached hydrogens (tertiary/aromatic N) is 1. The molecule has 1 aromatic rings. The monoisotopic (exact) mass is 272 g/mol. The van der Waals surface area contributed by atoms with Crippen molar-refractivity contribution in [1.29, 1.82) is 0 Å². The Bertz CT molecular complexity index is 451. The second kappa shape index (κ2) is 6.93. The van der Waals surface area contributed by atoms with Gasteiger partial charge in [-0.25, -0.2) is 0 Å². The van der Waals surface area contributed by atoms with Crippen molar-refractivity contribution >= 4 is 28.9 Å². The van der Waals surface area contributed by atoms with Crippen molar-refractivity contribution in [3.8, 4) is 0 Å². The molecule has 0 unspecified atom stereocenters. The van der Waals surface area contributed by atoms with E-state index in [4.69, 9.17) is 16.7 Å². The zero-order valence-corrected chi connectivity index (χ0v) is 10.3. The number of nitro groups is 1. The lowest BCUT2D eigenvalue weighted by Crippen LogP contribution is -2.12. The first-order valence-electron chi connectivity index (χ1n) is 5.39. The second-order valence-corrected chi connectivity index (χ2v) is 4.08. The summed E-state index contributed by atoms with van der Waals surface area (Å²) < 4.78 is 0. The topological polar surface area (TPSA) is 92.5 Å². The number of aliphatic hydroxyl groups is 1. The van der Waals surface area contributed by atoms with Crippen molar-refractivity contribution in [2.75, 3.05) is 11.9 Å². The molecule has 7 heteroatoms. The van der Waals surface area contributed by atoms with Crippen molar-refractivity contribution in [3.63, 3.8) is 0 Å². The number of rotatable bonds is 6. The number of halogens is 1. The third-order valence-corrected chi connectivity index (χ3v) is 2.48. The Balaban J connectivity index is 2.72. The Kier molecular flexibility index (Phi) is 5.54. The smallest absolute Gasteiger partial charge is 0.294 e. The summed E-state index contributed by atoms with van der Waals surface area (Å²) in [6.07, 6.45) is 1.26. The van der Waals surface area contributed by atoms with Crippen molar-refractivity contribution in [2.45, 2.75) is 19.3 Å². The van der Waals surface area contributed by atoms with E-state index in [2.05, 4.69) is 5.32 Å². The van der Waals surface area contributed by atoms with Crippen LogP contribution < -0.4 is 5.32 Å². The second-order valence-electron chi connectivity index (χ2n) is 3.65. The zero-order chi connectivity index (χ0) is 13.5. The molecular formula is C11H13ClN2O4. The van der Waals surface area contributed by atoms with E-state index < -0.39 is 4.92 Å². The van der Waals surface area contributed by atoms with Crippen molar-refractivity contribution in [2.24, 2.45) is 0 Å². The van der Waals surface area contributed by atoms with Crippen LogP contribution in [0.15, 0.2) is 18.2 Å². The molecule has 0 fully saturated rings. The average Bonchev–Trinajstić information content (AvgIpc) is 2.31. The van der Waals surface area contributed by atoms with E-state index in [1.807, 2.05) is 0 Å². The average molecular weight is 273 g/mol. The number of benzene rings is 1. The van der Waals surface area contributed by atoms with Gasteiger partial charge < -0.3 is 10.4 Å². The minimum absolute atomic E-state index is 0.0222. The number of aliphatic hydroxyl groups excluding tert-OH is 1. The van der Waals surface area contributed by atoms with Crippen molar-refractivity contribution < 1.29 is 14.8 Å². The highest BCUT2D eigenvalue weighted by Gasteiger charge is 2.16. The van der Waals surface area contributed by atoms with Gasteiger partial charge in [0.15, 0.2) is 0 Å². The van der Waals surface area contributed by atoms with E-state index in [9.17, 15) is 14.9 Å². The van der Waals surface area contributed by atoms with E-state index in [-0.39, 0.29) is 35.3 Å². The van der Waals surface area contributed by atoms with Gasteiger partial charge in [0.1, 0.15) is 5.69 Å². The minimum atomic E-state index is -0.602. The standard InChI is InChI=1S/C11H13ClN2O4/c12-8-4-5-9(10(7-8)14(17)18)13-11(16)3-1-2-6-15/h4-5,7,15H,1-3,6H2,(H,13,16). The fourth-order valence-corrected chi connectivity index (χ4v) is 1.54. The molecule has 0 atom stereocenters. The molecule has 18 heavy (non-hydrogen) atoms. The molecule has 0 saturated heterocycles. The molecule has 0 aliphatic rings. The van der Waals surface area contributed by atoms with Crippen LogP contribution in [0.3, 0.4) is 0 Å². The lowest BCUT2D eigenvalue weighted by molar-refractivity contribution is -0.383. The molecule has 2 N–H and O–H groups in total. The van der Waals surface area contributed by atoms with Crippen LogP contribution in [0, 0.1) is 10.1 Å². The van der Waals surface area contributed by atoms with Crippen LogP contribution in [0.25, 0.3) is 0 Å². The van der Waals surface area contributed by atoms with Gasteiger partial charge in [-0.3, -0.25) is 14.9 Å². The highest BCUT2D eigenvalue weighted by molar-refractivity contribution is 6.31. The predicted octanol–water partition coefficient (Wildman–Crippen LogP) is 2.35. The zero-order valence-electron chi connectivity index (χ0n) is 9.56. The third kappa shape index (κ3) is 4.31. The van der Waals surface area contributed by atoms with Gasteiger partial charge in [0.2, 0.25) is 5.91 Å². The molecule has 0 aliphatic heterocycles. The fourth-order valence-electron chi connectivity index (χ4n) is 1.37. The molecule has 1 aromatic carbocycles.